The molecule has 0 unspecified atom stereocenters. The molecule has 1 rings (SSSR count). The lowest BCUT2D eigenvalue weighted by Crippen LogP contribution is -2.26. The van der Waals surface area contributed by atoms with Crippen LogP contribution in [0.5, 0.6) is 0 Å². The number of nitrogens with zero attached hydrogens (tertiary/aromatic N) is 1. The van der Waals surface area contributed by atoms with Gasteiger partial charge in [0.1, 0.15) is 0 Å². The van der Waals surface area contributed by atoms with E-state index in [0.29, 0.717) is 5.56 Å². The van der Waals surface area contributed by atoms with Gasteiger partial charge >= 0.3 is 0 Å². The molecule has 1 amide bonds. The van der Waals surface area contributed by atoms with Gasteiger partial charge in [0.25, 0.3) is 0 Å². The van der Waals surface area contributed by atoms with E-state index in [9.17, 15) is 13.6 Å². The summed E-state index contributed by atoms with van der Waals surface area (Å²) in [5.41, 5.74) is 0.561. The van der Waals surface area contributed by atoms with Gasteiger partial charge in [-0.25, -0.2) is 8.78 Å². The van der Waals surface area contributed by atoms with Gasteiger partial charge in [-0.05, 0) is 17.7 Å². The number of benzene rings is 1. The van der Waals surface area contributed by atoms with Crippen molar-refractivity contribution in [2.45, 2.75) is 6.54 Å². The SMILES string of the molecule is CN(Cc1ccc(F)c(F)c1)C(=O)CBr. The van der Waals surface area contributed by atoms with Gasteiger partial charge in [-0.1, -0.05) is 22.0 Å². The molecule has 0 bridgehead atoms. The fourth-order valence-corrected chi connectivity index (χ4v) is 1.53. The Kier molecular flexibility index (Phi) is 4.20. The molecule has 82 valence electrons. The third kappa shape index (κ3) is 3.27. The number of alkyl halides is 1. The van der Waals surface area contributed by atoms with Gasteiger partial charge in [0, 0.05) is 13.6 Å². The normalized spacial score (nSPS) is 10.1. The van der Waals surface area contributed by atoms with Crippen LogP contribution >= 0.6 is 15.9 Å². The van der Waals surface area contributed by atoms with Gasteiger partial charge in [0.15, 0.2) is 11.6 Å². The lowest BCUT2D eigenvalue weighted by Gasteiger charge is -2.15. The van der Waals surface area contributed by atoms with Crippen molar-refractivity contribution in [1.29, 1.82) is 0 Å². The van der Waals surface area contributed by atoms with E-state index in [4.69, 9.17) is 0 Å². The van der Waals surface area contributed by atoms with Crippen LogP contribution in [0.2, 0.25) is 0 Å². The van der Waals surface area contributed by atoms with Gasteiger partial charge < -0.3 is 4.90 Å². The molecule has 0 aromatic heterocycles. The molecule has 0 saturated heterocycles. The van der Waals surface area contributed by atoms with Crippen LogP contribution < -0.4 is 0 Å². The molecule has 0 aliphatic rings. The number of amides is 1. The zero-order valence-electron chi connectivity index (χ0n) is 8.14. The molecule has 0 saturated carbocycles. The molecule has 0 heterocycles. The zero-order chi connectivity index (χ0) is 11.4. The number of carbonyl (C=O) groups excluding carboxylic acids is 1. The first kappa shape index (κ1) is 12.1. The fraction of sp³-hybridized carbons (Fsp3) is 0.300. The number of carbonyl (C=O) groups is 1. The number of rotatable bonds is 3. The van der Waals surface area contributed by atoms with Crippen LogP contribution in [-0.4, -0.2) is 23.2 Å². The molecule has 1 aromatic carbocycles. The Bertz CT molecular complexity index is 370. The molecule has 0 spiro atoms. The molecular formula is C10H10BrF2NO. The van der Waals surface area contributed by atoms with Crippen LogP contribution in [0, 0.1) is 11.6 Å². The highest BCUT2D eigenvalue weighted by Crippen LogP contribution is 2.10. The highest BCUT2D eigenvalue weighted by atomic mass is 79.9. The van der Waals surface area contributed by atoms with E-state index in [1.807, 2.05) is 0 Å². The molecule has 2 nitrogen and oxygen atoms in total. The average Bonchev–Trinajstić information content (AvgIpc) is 2.22. The summed E-state index contributed by atoms with van der Waals surface area (Å²) in [7, 11) is 1.60. The Morgan fingerprint density at radius 3 is 2.60 bits per heavy atom. The number of hydrogen-bond donors (Lipinski definition) is 0. The second-order valence-corrected chi connectivity index (χ2v) is 3.69. The second-order valence-electron chi connectivity index (χ2n) is 3.13. The van der Waals surface area contributed by atoms with Gasteiger partial charge in [0.05, 0.1) is 5.33 Å². The molecule has 0 aliphatic carbocycles. The van der Waals surface area contributed by atoms with E-state index in [-0.39, 0.29) is 17.8 Å². The smallest absolute Gasteiger partial charge is 0.233 e. The summed E-state index contributed by atoms with van der Waals surface area (Å²) in [6.07, 6.45) is 0. The maximum Gasteiger partial charge on any atom is 0.233 e. The third-order valence-corrected chi connectivity index (χ3v) is 2.42. The Morgan fingerprint density at radius 1 is 1.40 bits per heavy atom. The Morgan fingerprint density at radius 2 is 2.07 bits per heavy atom. The predicted molar refractivity (Wildman–Crippen MR) is 56.6 cm³/mol. The predicted octanol–water partition coefficient (Wildman–Crippen LogP) is 2.32. The number of halogens is 3. The summed E-state index contributed by atoms with van der Waals surface area (Å²) in [5.74, 6) is -1.89. The average molecular weight is 278 g/mol. The van der Waals surface area contributed by atoms with Gasteiger partial charge in [-0.15, -0.1) is 0 Å². The maximum atomic E-state index is 12.8. The molecule has 0 atom stereocenters. The van der Waals surface area contributed by atoms with Crippen molar-refractivity contribution in [1.82, 2.24) is 4.90 Å². The van der Waals surface area contributed by atoms with Crippen molar-refractivity contribution in [3.63, 3.8) is 0 Å². The van der Waals surface area contributed by atoms with Gasteiger partial charge in [0.2, 0.25) is 5.91 Å². The van der Waals surface area contributed by atoms with Crippen molar-refractivity contribution in [3.8, 4) is 0 Å². The number of hydrogen-bond acceptors (Lipinski definition) is 1. The van der Waals surface area contributed by atoms with Crippen LogP contribution in [0.3, 0.4) is 0 Å². The van der Waals surface area contributed by atoms with Crippen molar-refractivity contribution in [2.24, 2.45) is 0 Å². The minimum absolute atomic E-state index is 0.111. The Hall–Kier alpha value is -0.970. The highest BCUT2D eigenvalue weighted by molar-refractivity contribution is 9.09. The summed E-state index contributed by atoms with van der Waals surface area (Å²) in [6.45, 7) is 0.266. The largest absolute Gasteiger partial charge is 0.341 e. The van der Waals surface area contributed by atoms with Crippen molar-refractivity contribution in [3.05, 3.63) is 35.4 Å². The van der Waals surface area contributed by atoms with E-state index in [1.54, 1.807) is 7.05 Å². The molecule has 5 heteroatoms. The zero-order valence-corrected chi connectivity index (χ0v) is 9.72. The third-order valence-electron chi connectivity index (χ3n) is 1.94. The fourth-order valence-electron chi connectivity index (χ4n) is 1.10. The highest BCUT2D eigenvalue weighted by Gasteiger charge is 2.09. The van der Waals surface area contributed by atoms with E-state index in [0.717, 1.165) is 12.1 Å². The van der Waals surface area contributed by atoms with E-state index in [1.165, 1.54) is 11.0 Å². The van der Waals surface area contributed by atoms with Crippen LogP contribution in [0.1, 0.15) is 5.56 Å². The monoisotopic (exact) mass is 277 g/mol. The minimum Gasteiger partial charge on any atom is -0.341 e. The summed E-state index contributed by atoms with van der Waals surface area (Å²) in [5, 5.41) is 0.215. The molecule has 0 radical (unpaired) electrons. The van der Waals surface area contributed by atoms with Crippen molar-refractivity contribution in [2.75, 3.05) is 12.4 Å². The van der Waals surface area contributed by atoms with Gasteiger partial charge in [-0.2, -0.15) is 0 Å². The van der Waals surface area contributed by atoms with E-state index in [2.05, 4.69) is 15.9 Å². The first-order chi connectivity index (χ1) is 7.04. The van der Waals surface area contributed by atoms with E-state index < -0.39 is 11.6 Å². The standard InChI is InChI=1S/C10H10BrF2NO/c1-14(10(15)5-11)6-7-2-3-8(12)9(13)4-7/h2-4H,5-6H2,1H3. The molecule has 0 N–H and O–H groups in total. The maximum absolute atomic E-state index is 12.8. The summed E-state index contributed by atoms with van der Waals surface area (Å²) in [6, 6.07) is 3.60. The summed E-state index contributed by atoms with van der Waals surface area (Å²) in [4.78, 5) is 12.6. The quantitative estimate of drug-likeness (QED) is 0.777. The molecule has 0 aliphatic heterocycles. The Balaban J connectivity index is 2.73. The van der Waals surface area contributed by atoms with Crippen molar-refractivity contribution >= 4 is 21.8 Å². The second kappa shape index (κ2) is 5.21. The van der Waals surface area contributed by atoms with Gasteiger partial charge in [-0.3, -0.25) is 4.79 Å². The molecule has 15 heavy (non-hydrogen) atoms. The Labute approximate surface area is 95.0 Å². The van der Waals surface area contributed by atoms with Crippen LogP contribution in [0.4, 0.5) is 8.78 Å². The molecular weight excluding hydrogens is 268 g/mol. The van der Waals surface area contributed by atoms with Crippen LogP contribution in [0.15, 0.2) is 18.2 Å². The molecule has 0 fully saturated rings. The first-order valence-corrected chi connectivity index (χ1v) is 5.40. The first-order valence-electron chi connectivity index (χ1n) is 4.28. The summed E-state index contributed by atoms with van der Waals surface area (Å²) < 4.78 is 25.4. The lowest BCUT2D eigenvalue weighted by atomic mass is 10.2. The minimum atomic E-state index is -0.896. The van der Waals surface area contributed by atoms with E-state index >= 15 is 0 Å². The topological polar surface area (TPSA) is 20.3 Å². The van der Waals surface area contributed by atoms with Crippen LogP contribution in [-0.2, 0) is 11.3 Å². The molecule has 1 aromatic rings. The lowest BCUT2D eigenvalue weighted by molar-refractivity contribution is -0.127. The summed E-state index contributed by atoms with van der Waals surface area (Å²) >= 11 is 3.03. The van der Waals surface area contributed by atoms with Crippen LogP contribution in [0.25, 0.3) is 0 Å². The van der Waals surface area contributed by atoms with Crippen molar-refractivity contribution < 1.29 is 13.6 Å².